The molecule has 0 aromatic heterocycles. The summed E-state index contributed by atoms with van der Waals surface area (Å²) in [6.45, 7) is 3.47. The second kappa shape index (κ2) is 9.95. The van der Waals surface area contributed by atoms with Crippen LogP contribution in [0.1, 0.15) is 24.5 Å². The van der Waals surface area contributed by atoms with Crippen LogP contribution in [-0.2, 0) is 30.7 Å². The second-order valence-corrected chi connectivity index (χ2v) is 9.60. The van der Waals surface area contributed by atoms with E-state index in [1.807, 2.05) is 6.92 Å². The Morgan fingerprint density at radius 2 is 2.00 bits per heavy atom. The van der Waals surface area contributed by atoms with Crippen molar-refractivity contribution in [3.05, 3.63) is 59.4 Å². The average Bonchev–Trinajstić information content (AvgIpc) is 2.79. The molecule has 2 aromatic carbocycles. The largest absolute Gasteiger partial charge is 0.489 e. The summed E-state index contributed by atoms with van der Waals surface area (Å²) in [4.78, 5) is 12.4. The van der Waals surface area contributed by atoms with Crippen LogP contribution in [0.25, 0.3) is 0 Å². The number of carbonyl (C=O) groups excluding carboxylic acids is 1. The molecule has 32 heavy (non-hydrogen) atoms. The summed E-state index contributed by atoms with van der Waals surface area (Å²) in [5.41, 5.74) is 1.19. The first-order valence-corrected chi connectivity index (χ1v) is 11.7. The number of carbonyl (C=O) groups is 1. The van der Waals surface area contributed by atoms with Crippen molar-refractivity contribution < 1.29 is 37.0 Å². The van der Waals surface area contributed by atoms with E-state index in [0.717, 1.165) is 5.56 Å². The zero-order valence-corrected chi connectivity index (χ0v) is 18.7. The molecule has 1 fully saturated rings. The number of rotatable bonds is 8. The third kappa shape index (κ3) is 4.78. The van der Waals surface area contributed by atoms with Crippen molar-refractivity contribution >= 4 is 15.7 Å². The van der Waals surface area contributed by atoms with Crippen LogP contribution >= 0.6 is 0 Å². The number of nitrogens with one attached hydrogen (secondary N) is 1. The molecule has 0 aliphatic carbocycles. The van der Waals surface area contributed by atoms with E-state index in [9.17, 15) is 22.8 Å². The third-order valence-electron chi connectivity index (χ3n) is 5.48. The fraction of sp³-hybridized carbons (Fsp3) is 0.409. The summed E-state index contributed by atoms with van der Waals surface area (Å²) in [6.07, 6.45) is 0.0207. The molecule has 2 aromatic rings. The van der Waals surface area contributed by atoms with E-state index in [2.05, 4.69) is 0 Å². The van der Waals surface area contributed by atoms with Gasteiger partial charge in [0.05, 0.1) is 11.5 Å². The predicted molar refractivity (Wildman–Crippen MR) is 113 cm³/mol. The van der Waals surface area contributed by atoms with Crippen molar-refractivity contribution in [2.45, 2.75) is 42.6 Å². The van der Waals surface area contributed by atoms with Crippen LogP contribution < -0.4 is 10.2 Å². The molecule has 1 aliphatic rings. The molecule has 2 atom stereocenters. The fourth-order valence-corrected chi connectivity index (χ4v) is 5.75. The fourth-order valence-electron chi connectivity index (χ4n) is 3.76. The van der Waals surface area contributed by atoms with Crippen molar-refractivity contribution in [3.63, 3.8) is 0 Å². The van der Waals surface area contributed by atoms with E-state index >= 15 is 0 Å². The molecular formula is C22H26FNO7S. The van der Waals surface area contributed by atoms with Crippen molar-refractivity contribution in [2.75, 3.05) is 19.8 Å². The van der Waals surface area contributed by atoms with E-state index in [1.54, 1.807) is 13.0 Å². The van der Waals surface area contributed by atoms with E-state index < -0.39 is 26.6 Å². The SMILES string of the molecule is CCOC1(C(=O)NO)COCCC1S(=O)(=O)c1ccc(OCc2cc(F)ccc2C)cc1. The molecule has 1 saturated heterocycles. The lowest BCUT2D eigenvalue weighted by molar-refractivity contribution is -0.172. The van der Waals surface area contributed by atoms with E-state index in [0.29, 0.717) is 11.3 Å². The number of halogens is 1. The maximum Gasteiger partial charge on any atom is 0.279 e. The van der Waals surface area contributed by atoms with Crippen molar-refractivity contribution in [2.24, 2.45) is 0 Å². The first kappa shape index (κ1) is 24.1. The minimum Gasteiger partial charge on any atom is -0.489 e. The zero-order chi connectivity index (χ0) is 23.4. The minimum atomic E-state index is -4.03. The van der Waals surface area contributed by atoms with Gasteiger partial charge in [0.15, 0.2) is 15.4 Å². The monoisotopic (exact) mass is 467 g/mol. The topological polar surface area (TPSA) is 111 Å². The Balaban J connectivity index is 1.83. The van der Waals surface area contributed by atoms with Crippen molar-refractivity contribution in [1.82, 2.24) is 5.48 Å². The summed E-state index contributed by atoms with van der Waals surface area (Å²) in [6, 6.07) is 10.2. The Kier molecular flexibility index (Phi) is 7.50. The van der Waals surface area contributed by atoms with E-state index in [4.69, 9.17) is 14.2 Å². The Labute approximate surface area is 186 Å². The quantitative estimate of drug-likeness (QED) is 0.453. The summed E-state index contributed by atoms with van der Waals surface area (Å²) in [5, 5.41) is 7.94. The molecular weight excluding hydrogens is 441 g/mol. The average molecular weight is 468 g/mol. The summed E-state index contributed by atoms with van der Waals surface area (Å²) < 4.78 is 56.8. The van der Waals surface area contributed by atoms with Crippen LogP contribution in [0, 0.1) is 12.7 Å². The van der Waals surface area contributed by atoms with Gasteiger partial charge in [0.1, 0.15) is 23.4 Å². The summed E-state index contributed by atoms with van der Waals surface area (Å²) in [7, 11) is -4.03. The molecule has 0 bridgehead atoms. The molecule has 8 nitrogen and oxygen atoms in total. The minimum absolute atomic E-state index is 0.0199. The molecule has 2 N–H and O–H groups in total. The molecule has 10 heteroatoms. The molecule has 1 amide bonds. The molecule has 2 unspecified atom stereocenters. The molecule has 0 saturated carbocycles. The highest BCUT2D eigenvalue weighted by Crippen LogP contribution is 2.34. The molecule has 1 heterocycles. The van der Waals surface area contributed by atoms with Gasteiger partial charge in [0, 0.05) is 13.2 Å². The maximum atomic E-state index is 13.4. The first-order valence-electron chi connectivity index (χ1n) is 10.1. The maximum absolute atomic E-state index is 13.4. The van der Waals surface area contributed by atoms with Crippen molar-refractivity contribution in [3.8, 4) is 5.75 Å². The molecule has 3 rings (SSSR count). The summed E-state index contributed by atoms with van der Waals surface area (Å²) in [5.74, 6) is -0.932. The van der Waals surface area contributed by atoms with Gasteiger partial charge >= 0.3 is 0 Å². The molecule has 0 radical (unpaired) electrons. The second-order valence-electron chi connectivity index (χ2n) is 7.47. The molecule has 0 spiro atoms. The highest BCUT2D eigenvalue weighted by molar-refractivity contribution is 7.92. The van der Waals surface area contributed by atoms with Crippen LogP contribution in [0.15, 0.2) is 47.4 Å². The van der Waals surface area contributed by atoms with Gasteiger partial charge in [-0.3, -0.25) is 10.0 Å². The lowest BCUT2D eigenvalue weighted by Gasteiger charge is -2.40. The number of hydrogen-bond acceptors (Lipinski definition) is 7. The lowest BCUT2D eigenvalue weighted by Crippen LogP contribution is -2.63. The van der Waals surface area contributed by atoms with Crippen LogP contribution in [0.2, 0.25) is 0 Å². The molecule has 1 aliphatic heterocycles. The highest BCUT2D eigenvalue weighted by Gasteiger charge is 2.55. The smallest absolute Gasteiger partial charge is 0.279 e. The van der Waals surface area contributed by atoms with Gasteiger partial charge in [0.25, 0.3) is 5.91 Å². The zero-order valence-electron chi connectivity index (χ0n) is 17.8. The normalized spacial score (nSPS) is 21.2. The number of sulfone groups is 1. The Bertz CT molecular complexity index is 1050. The first-order chi connectivity index (χ1) is 15.2. The van der Waals surface area contributed by atoms with Crippen LogP contribution in [0.4, 0.5) is 4.39 Å². The van der Waals surface area contributed by atoms with Gasteiger partial charge in [-0.05, 0) is 67.8 Å². The van der Waals surface area contributed by atoms with E-state index in [-0.39, 0.29) is 43.6 Å². The Morgan fingerprint density at radius 1 is 1.28 bits per heavy atom. The third-order valence-corrected chi connectivity index (χ3v) is 7.78. The number of aryl methyl sites for hydroxylation is 1. The van der Waals surface area contributed by atoms with Crippen LogP contribution in [-0.4, -0.2) is 50.2 Å². The number of ether oxygens (including phenoxy) is 3. The van der Waals surface area contributed by atoms with Gasteiger partial charge in [-0.2, -0.15) is 0 Å². The van der Waals surface area contributed by atoms with Gasteiger partial charge in [-0.1, -0.05) is 6.07 Å². The van der Waals surface area contributed by atoms with E-state index in [1.165, 1.54) is 41.9 Å². The number of hydroxylamine groups is 1. The highest BCUT2D eigenvalue weighted by atomic mass is 32.2. The van der Waals surface area contributed by atoms with Gasteiger partial charge < -0.3 is 14.2 Å². The van der Waals surface area contributed by atoms with Crippen molar-refractivity contribution in [1.29, 1.82) is 0 Å². The molecule has 174 valence electrons. The number of amides is 1. The van der Waals surface area contributed by atoms with Crippen LogP contribution in [0.3, 0.4) is 0 Å². The number of benzene rings is 2. The summed E-state index contributed by atoms with van der Waals surface area (Å²) >= 11 is 0. The lowest BCUT2D eigenvalue weighted by atomic mass is 9.94. The van der Waals surface area contributed by atoms with Gasteiger partial charge in [-0.15, -0.1) is 0 Å². The van der Waals surface area contributed by atoms with Gasteiger partial charge in [-0.25, -0.2) is 18.3 Å². The predicted octanol–water partition coefficient (Wildman–Crippen LogP) is 2.56. The Morgan fingerprint density at radius 3 is 2.66 bits per heavy atom. The number of hydrogen-bond donors (Lipinski definition) is 2. The van der Waals surface area contributed by atoms with Gasteiger partial charge in [0.2, 0.25) is 0 Å². The van der Waals surface area contributed by atoms with Crippen LogP contribution in [0.5, 0.6) is 5.75 Å². The standard InChI is InChI=1S/C22H26FNO7S/c1-3-31-22(21(25)24-26)14-29-11-10-20(22)32(27,28)19-8-6-18(7-9-19)30-13-16-12-17(23)5-4-15(16)2/h4-9,12,20,26H,3,10-11,13-14H2,1-2H3,(H,24,25). The Hall–Kier alpha value is -2.53.